The fourth-order valence-electron chi connectivity index (χ4n) is 20.2. The van der Waals surface area contributed by atoms with E-state index in [1.807, 2.05) is 92.7 Å². The van der Waals surface area contributed by atoms with Crippen molar-refractivity contribution in [1.29, 1.82) is 0 Å². The topological polar surface area (TPSA) is 0 Å². The van der Waals surface area contributed by atoms with Gasteiger partial charge >= 0.3 is 0 Å². The Morgan fingerprint density at radius 1 is 0.184 bits per heavy atom. The van der Waals surface area contributed by atoms with Crippen molar-refractivity contribution >= 4 is 115 Å². The maximum Gasteiger partial charge on any atom is 0.131 e. The molecular weight excluding hydrogens is 1780 g/mol. The number of hydrogen-bond acceptors (Lipinski definition) is 0. The SMILES string of the molecule is C.Cc1c(-c2ccc3ccccc3c2)ccc2ccccc12.Cc1c(-c2ccccc2F)ccc2ccccc12.Cc1c(-c2ccccc2F)ccc2ccccc12.Cc1c(/C=C/c2ccccc2)ccc2ccccc12.Cc1c(C2=CCC=C2)ccc2ccccc12.Cc1ccc(-c2ccc3ccccc3c2C)cc1.Cc1ccc(-c2ccc3ccccc3c2C)cc1.Cc1cccc(-c2ccc3ccccc3c2C)c1. The summed E-state index contributed by atoms with van der Waals surface area (Å²) in [7, 11) is 0. The van der Waals surface area contributed by atoms with Gasteiger partial charge in [0.2, 0.25) is 0 Å². The minimum atomic E-state index is -0.170. The Balaban J connectivity index is 0.000000115. The Morgan fingerprint density at radius 3 is 0.823 bits per heavy atom. The number of fused-ring (bicyclic) bond motifs is 9. The fraction of sp³-hybridized carbons (Fsp3) is 0.0897. The molecule has 0 bridgehead atoms. The summed E-state index contributed by atoms with van der Waals surface area (Å²) >= 11 is 0. The van der Waals surface area contributed by atoms with E-state index in [0.717, 1.165) is 28.7 Å². The lowest BCUT2D eigenvalue weighted by molar-refractivity contribution is 0.631. The molecule has 24 aromatic carbocycles. The zero-order valence-corrected chi connectivity index (χ0v) is 85.0. The first-order chi connectivity index (χ1) is 71.3. The first-order valence-electron chi connectivity index (χ1n) is 50.5. The Morgan fingerprint density at radius 2 is 0.463 bits per heavy atom. The van der Waals surface area contributed by atoms with Crippen LogP contribution >= 0.6 is 0 Å². The van der Waals surface area contributed by atoms with Crippen molar-refractivity contribution in [2.24, 2.45) is 0 Å². The van der Waals surface area contributed by atoms with Gasteiger partial charge in [-0.1, -0.05) is 522 Å². The van der Waals surface area contributed by atoms with Gasteiger partial charge in [-0.25, -0.2) is 8.78 Å². The zero-order valence-electron chi connectivity index (χ0n) is 85.0. The molecule has 0 radical (unpaired) electrons. The normalized spacial score (nSPS) is 11.2. The molecule has 1 aliphatic carbocycles. The Hall–Kier alpha value is -17.3. The molecule has 24 aromatic rings. The second kappa shape index (κ2) is 47.7. The maximum absolute atomic E-state index is 13.9. The van der Waals surface area contributed by atoms with Crippen molar-refractivity contribution < 1.29 is 8.78 Å². The summed E-state index contributed by atoms with van der Waals surface area (Å²) in [5, 5.41) is 23.2. The second-order valence-electron chi connectivity index (χ2n) is 37.9. The lowest BCUT2D eigenvalue weighted by Crippen LogP contribution is -1.88. The molecule has 0 fully saturated rings. The van der Waals surface area contributed by atoms with Crippen molar-refractivity contribution in [3.8, 4) is 66.8 Å². The summed E-state index contributed by atoms with van der Waals surface area (Å²) in [4.78, 5) is 0. The highest BCUT2D eigenvalue weighted by Crippen LogP contribution is 2.40. The average molecular weight is 1900 g/mol. The molecule has 0 heterocycles. The predicted octanol–water partition coefficient (Wildman–Crippen LogP) is 41.7. The lowest BCUT2D eigenvalue weighted by atomic mass is 9.94. The van der Waals surface area contributed by atoms with Crippen LogP contribution in [0.2, 0.25) is 0 Å². The molecule has 0 N–H and O–H groups in total. The van der Waals surface area contributed by atoms with Gasteiger partial charge in [0, 0.05) is 11.1 Å². The highest BCUT2D eigenvalue weighted by atomic mass is 19.1. The van der Waals surface area contributed by atoms with Crippen molar-refractivity contribution in [2.75, 3.05) is 0 Å². The monoisotopic (exact) mass is 1900 g/mol. The van der Waals surface area contributed by atoms with E-state index in [-0.39, 0.29) is 19.1 Å². The van der Waals surface area contributed by atoms with Crippen LogP contribution in [0.15, 0.2) is 504 Å². The van der Waals surface area contributed by atoms with Crippen LogP contribution in [0.4, 0.5) is 8.78 Å². The minimum Gasteiger partial charge on any atom is -0.206 e. The Kier molecular flexibility index (Phi) is 32.9. The number of allylic oxidation sites excluding steroid dienone is 4. The molecule has 25 rings (SSSR count). The average Bonchev–Trinajstić information content (AvgIpc) is 1.41. The van der Waals surface area contributed by atoms with E-state index in [9.17, 15) is 8.78 Å². The summed E-state index contributed by atoms with van der Waals surface area (Å²) in [6.45, 7) is 23.7. The van der Waals surface area contributed by atoms with Crippen LogP contribution in [0, 0.1) is 87.8 Å². The molecule has 718 valence electrons. The molecule has 0 unspecified atom stereocenters. The quantitative estimate of drug-likeness (QED) is 0.126. The van der Waals surface area contributed by atoms with E-state index >= 15 is 0 Å². The fourth-order valence-corrected chi connectivity index (χ4v) is 20.2. The van der Waals surface area contributed by atoms with Gasteiger partial charge in [-0.3, -0.25) is 0 Å². The van der Waals surface area contributed by atoms with Gasteiger partial charge < -0.3 is 0 Å². The molecule has 0 saturated carbocycles. The molecule has 2 heteroatoms. The van der Waals surface area contributed by atoms with Gasteiger partial charge in [-0.2, -0.15) is 0 Å². The van der Waals surface area contributed by atoms with Crippen LogP contribution in [-0.4, -0.2) is 0 Å². The molecule has 0 nitrogen and oxygen atoms in total. The van der Waals surface area contributed by atoms with E-state index in [1.165, 1.54) is 226 Å². The van der Waals surface area contributed by atoms with Crippen LogP contribution in [-0.2, 0) is 0 Å². The first-order valence-corrected chi connectivity index (χ1v) is 50.5. The van der Waals surface area contributed by atoms with Gasteiger partial charge in [0.1, 0.15) is 11.6 Å². The third kappa shape index (κ3) is 23.8. The van der Waals surface area contributed by atoms with Crippen molar-refractivity contribution in [3.63, 3.8) is 0 Å². The van der Waals surface area contributed by atoms with Gasteiger partial charge in [0.05, 0.1) is 0 Å². The van der Waals surface area contributed by atoms with Gasteiger partial charge in [0.25, 0.3) is 0 Å². The summed E-state index contributed by atoms with van der Waals surface area (Å²) < 4.78 is 27.7. The highest BCUT2D eigenvalue weighted by Gasteiger charge is 2.16. The van der Waals surface area contributed by atoms with Crippen LogP contribution in [0.5, 0.6) is 0 Å². The summed E-state index contributed by atoms with van der Waals surface area (Å²) in [5.41, 5.74) is 33.3. The summed E-state index contributed by atoms with van der Waals surface area (Å²) in [6, 6.07) is 168. The van der Waals surface area contributed by atoms with Crippen molar-refractivity contribution in [2.45, 2.75) is 90.0 Å². The van der Waals surface area contributed by atoms with E-state index in [0.29, 0.717) is 11.1 Å². The molecule has 0 spiro atoms. The Bertz CT molecular complexity index is 8640. The van der Waals surface area contributed by atoms with E-state index in [1.54, 1.807) is 12.1 Å². The number of benzene rings is 24. The number of aryl methyl sites for hydroxylation is 11. The van der Waals surface area contributed by atoms with Crippen LogP contribution in [0.3, 0.4) is 0 Å². The molecule has 1 aliphatic rings. The van der Waals surface area contributed by atoms with Gasteiger partial charge in [-0.15, -0.1) is 0 Å². The smallest absolute Gasteiger partial charge is 0.131 e. The first kappa shape index (κ1) is 101. The van der Waals surface area contributed by atoms with Gasteiger partial charge in [0.15, 0.2) is 0 Å². The number of hydrogen-bond donors (Lipinski definition) is 0. The molecule has 147 heavy (non-hydrogen) atoms. The van der Waals surface area contributed by atoms with Crippen molar-refractivity contribution in [1.82, 2.24) is 0 Å². The molecule has 0 aliphatic heterocycles. The second-order valence-corrected chi connectivity index (χ2v) is 37.9. The largest absolute Gasteiger partial charge is 0.206 e. The minimum absolute atomic E-state index is 0. The highest BCUT2D eigenvalue weighted by molar-refractivity contribution is 6.00. The summed E-state index contributed by atoms with van der Waals surface area (Å²) in [5.74, 6) is -0.341. The lowest BCUT2D eigenvalue weighted by Gasteiger charge is -2.10. The molecule has 0 aromatic heterocycles. The Labute approximate surface area is 867 Å². The maximum atomic E-state index is 13.9. The number of rotatable bonds is 9. The number of halogens is 2. The molecular formula is C145H124F2. The van der Waals surface area contributed by atoms with Crippen molar-refractivity contribution in [3.05, 3.63) is 593 Å². The predicted molar refractivity (Wildman–Crippen MR) is 638 cm³/mol. The third-order valence-corrected chi connectivity index (χ3v) is 28.4. The standard InChI is InChI=1S/C21H16.C19H16.3C18H16.2C17H13F.C16H14.CH4/c1-15-20-9-5-4-7-17(20)12-13-21(15)19-11-10-16-6-2-3-8-18(16)14-19;1-15-17(12-11-16-7-3-2-4-8-16)13-14-18-9-5-6-10-19(15)18;1-13-6-5-8-16(12-13)18-11-10-15-7-3-4-9-17(15)14(18)2;2*1-13-7-9-16(10-8-13)18-12-11-15-5-3-4-6-17(15)14(18)2;2*1-12-14-7-3-2-6-13(14)10-11-15(12)16-8-4-5-9-17(16)18;1-12-15-9-5-4-8-14(15)10-11-16(12)13-6-2-3-7-13;/h2-14H,1H3;2-14H,1H3;3*3-12H,1-2H3;2*2-11H,1H3;2,4-11H,3H2,1H3;1H4/b;12-11+;;;;;;;. The van der Waals surface area contributed by atoms with Crippen LogP contribution < -0.4 is 0 Å². The molecule has 0 amide bonds. The van der Waals surface area contributed by atoms with E-state index in [2.05, 4.69) is 475 Å². The van der Waals surface area contributed by atoms with Crippen LogP contribution in [0.1, 0.15) is 91.7 Å². The van der Waals surface area contributed by atoms with E-state index in [4.69, 9.17) is 0 Å². The molecule has 0 saturated heterocycles. The van der Waals surface area contributed by atoms with Gasteiger partial charge in [-0.05, 0) is 320 Å². The zero-order chi connectivity index (χ0) is 101. The third-order valence-electron chi connectivity index (χ3n) is 28.4. The van der Waals surface area contributed by atoms with E-state index < -0.39 is 0 Å². The summed E-state index contributed by atoms with van der Waals surface area (Å²) in [6.07, 6.45) is 12.1. The van der Waals surface area contributed by atoms with Crippen LogP contribution in [0.25, 0.3) is 181 Å². The molecule has 0 atom stereocenters.